The van der Waals surface area contributed by atoms with E-state index in [0.29, 0.717) is 16.5 Å². The molecule has 0 spiro atoms. The Morgan fingerprint density at radius 2 is 1.77 bits per heavy atom. The molecule has 3 rings (SSSR count). The monoisotopic (exact) mass is 296 g/mol. The Balaban J connectivity index is 2.05. The van der Waals surface area contributed by atoms with Crippen LogP contribution in [0.4, 0.5) is 5.69 Å². The summed E-state index contributed by atoms with van der Waals surface area (Å²) in [6.07, 6.45) is 0. The molecule has 0 bridgehead atoms. The van der Waals surface area contributed by atoms with E-state index in [2.05, 4.69) is 20.5 Å². The van der Waals surface area contributed by atoms with Crippen molar-refractivity contribution in [3.8, 4) is 0 Å². The fraction of sp³-hybridized carbons (Fsp3) is 0.0667. The number of benzene rings is 1. The minimum absolute atomic E-state index is 0.0511. The fourth-order valence-corrected chi connectivity index (χ4v) is 2.14. The maximum atomic E-state index is 12.3. The lowest BCUT2D eigenvalue weighted by Gasteiger charge is -2.06. The van der Waals surface area contributed by atoms with Gasteiger partial charge in [0.25, 0.3) is 17.0 Å². The lowest BCUT2D eigenvalue weighted by atomic mass is 10.1. The van der Waals surface area contributed by atoms with Crippen LogP contribution in [0.3, 0.4) is 0 Å². The number of nitrogens with one attached hydrogen (secondary N) is 3. The van der Waals surface area contributed by atoms with Gasteiger partial charge in [0.05, 0.1) is 5.39 Å². The number of carbonyl (C=O) groups excluding carboxylic acids is 1. The molecule has 0 atom stereocenters. The quantitative estimate of drug-likeness (QED) is 0.659. The minimum atomic E-state index is -0.568. The predicted octanol–water partition coefficient (Wildman–Crippen LogP) is 1.17. The highest BCUT2D eigenvalue weighted by Crippen LogP contribution is 2.13. The first-order valence-corrected chi connectivity index (χ1v) is 6.55. The summed E-state index contributed by atoms with van der Waals surface area (Å²) in [6.45, 7) is 1.74. The minimum Gasteiger partial charge on any atom is -0.325 e. The van der Waals surface area contributed by atoms with E-state index >= 15 is 0 Å². The average Bonchev–Trinajstić information content (AvgIpc) is 2.50. The number of aryl methyl sites for hydroxylation is 1. The van der Waals surface area contributed by atoms with Crippen LogP contribution in [0.2, 0.25) is 0 Å². The van der Waals surface area contributed by atoms with Gasteiger partial charge < -0.3 is 10.3 Å². The topological polar surface area (TPSA) is 108 Å². The second-order valence-electron chi connectivity index (χ2n) is 4.79. The van der Waals surface area contributed by atoms with Gasteiger partial charge in [0.1, 0.15) is 5.69 Å². The van der Waals surface area contributed by atoms with Crippen LogP contribution < -0.4 is 16.4 Å². The lowest BCUT2D eigenvalue weighted by Crippen LogP contribution is -2.23. The third-order valence-electron chi connectivity index (χ3n) is 3.21. The first-order valence-electron chi connectivity index (χ1n) is 6.55. The highest BCUT2D eigenvalue weighted by molar-refractivity contribution is 6.10. The Kier molecular flexibility index (Phi) is 3.30. The number of hydrogen-bond acceptors (Lipinski definition) is 4. The van der Waals surface area contributed by atoms with E-state index in [1.54, 1.807) is 37.3 Å². The van der Waals surface area contributed by atoms with Crippen molar-refractivity contribution in [2.75, 3.05) is 5.32 Å². The average molecular weight is 296 g/mol. The molecule has 0 saturated carbocycles. The summed E-state index contributed by atoms with van der Waals surface area (Å²) in [5.41, 5.74) is 0.0842. The van der Waals surface area contributed by atoms with Crippen LogP contribution in [0.5, 0.6) is 0 Å². The van der Waals surface area contributed by atoms with Gasteiger partial charge in [0.15, 0.2) is 5.69 Å². The predicted molar refractivity (Wildman–Crippen MR) is 82.1 cm³/mol. The van der Waals surface area contributed by atoms with Gasteiger partial charge in [-0.1, -0.05) is 18.2 Å². The van der Waals surface area contributed by atoms with Gasteiger partial charge in [-0.2, -0.15) is 5.10 Å². The molecule has 2 heterocycles. The number of aromatic amines is 2. The summed E-state index contributed by atoms with van der Waals surface area (Å²) < 4.78 is 0. The molecule has 0 unspecified atom stereocenters. The summed E-state index contributed by atoms with van der Waals surface area (Å²) in [5, 5.41) is 9.35. The highest BCUT2D eigenvalue weighted by Gasteiger charge is 2.15. The number of hydrogen-bond donors (Lipinski definition) is 3. The SMILES string of the molecule is Cc1ccc(NC(=O)c2n[nH]c(=O)c3ccccc23)c(=O)[nH]1. The van der Waals surface area contributed by atoms with Crippen molar-refractivity contribution in [3.05, 3.63) is 68.5 Å². The van der Waals surface area contributed by atoms with Gasteiger partial charge in [-0.05, 0) is 25.1 Å². The Labute approximate surface area is 124 Å². The number of amides is 1. The molecule has 3 N–H and O–H groups in total. The van der Waals surface area contributed by atoms with Gasteiger partial charge >= 0.3 is 0 Å². The molecule has 0 aliphatic heterocycles. The molecule has 110 valence electrons. The standard InChI is InChI=1S/C15H12N4O3/c1-8-6-7-11(14(21)16-8)17-15(22)12-9-4-2-3-5-10(9)13(20)19-18-12/h2-7H,1H3,(H,16,21)(H,17,22)(H,19,20). The molecule has 0 aliphatic carbocycles. The number of H-pyrrole nitrogens is 2. The Bertz CT molecular complexity index is 988. The number of rotatable bonds is 2. The second-order valence-corrected chi connectivity index (χ2v) is 4.79. The Morgan fingerprint density at radius 1 is 1.05 bits per heavy atom. The first-order chi connectivity index (χ1) is 10.6. The zero-order chi connectivity index (χ0) is 15.7. The van der Waals surface area contributed by atoms with Crippen molar-refractivity contribution < 1.29 is 4.79 Å². The number of aromatic nitrogens is 3. The molecule has 1 amide bonds. The number of nitrogens with zero attached hydrogens (tertiary/aromatic N) is 1. The number of carbonyl (C=O) groups is 1. The van der Waals surface area contributed by atoms with Crippen LogP contribution in [0, 0.1) is 6.92 Å². The third-order valence-corrected chi connectivity index (χ3v) is 3.21. The van der Waals surface area contributed by atoms with Crippen LogP contribution in [-0.4, -0.2) is 21.1 Å². The Morgan fingerprint density at radius 3 is 2.50 bits per heavy atom. The van der Waals surface area contributed by atoms with Crippen molar-refractivity contribution in [2.45, 2.75) is 6.92 Å². The van der Waals surface area contributed by atoms with Gasteiger partial charge in [0, 0.05) is 11.1 Å². The van der Waals surface area contributed by atoms with Gasteiger partial charge in [-0.3, -0.25) is 14.4 Å². The van der Waals surface area contributed by atoms with E-state index in [4.69, 9.17) is 0 Å². The van der Waals surface area contributed by atoms with Crippen molar-refractivity contribution in [2.24, 2.45) is 0 Å². The summed E-state index contributed by atoms with van der Waals surface area (Å²) in [4.78, 5) is 38.4. The summed E-state index contributed by atoms with van der Waals surface area (Å²) in [5.74, 6) is -0.568. The van der Waals surface area contributed by atoms with E-state index in [9.17, 15) is 14.4 Å². The van der Waals surface area contributed by atoms with E-state index < -0.39 is 11.5 Å². The van der Waals surface area contributed by atoms with Crippen molar-refractivity contribution in [1.82, 2.24) is 15.2 Å². The van der Waals surface area contributed by atoms with Gasteiger partial charge in [-0.25, -0.2) is 5.10 Å². The molecular weight excluding hydrogens is 284 g/mol. The molecule has 1 aromatic carbocycles. The number of pyridine rings is 1. The Hall–Kier alpha value is -3.22. The molecule has 0 aliphatic rings. The van der Waals surface area contributed by atoms with Crippen LogP contribution in [-0.2, 0) is 0 Å². The maximum absolute atomic E-state index is 12.3. The molecule has 0 radical (unpaired) electrons. The maximum Gasteiger partial charge on any atom is 0.276 e. The molecule has 0 fully saturated rings. The zero-order valence-electron chi connectivity index (χ0n) is 11.6. The van der Waals surface area contributed by atoms with Gasteiger partial charge in [-0.15, -0.1) is 0 Å². The molecule has 2 aromatic heterocycles. The smallest absolute Gasteiger partial charge is 0.276 e. The summed E-state index contributed by atoms with van der Waals surface area (Å²) in [7, 11) is 0. The van der Waals surface area contributed by atoms with E-state index in [0.717, 1.165) is 0 Å². The molecule has 0 saturated heterocycles. The van der Waals surface area contributed by atoms with Gasteiger partial charge in [0.2, 0.25) is 0 Å². The molecule has 22 heavy (non-hydrogen) atoms. The normalized spacial score (nSPS) is 10.6. The van der Waals surface area contributed by atoms with Crippen molar-refractivity contribution >= 4 is 22.4 Å². The van der Waals surface area contributed by atoms with Crippen molar-refractivity contribution in [1.29, 1.82) is 0 Å². The first kappa shape index (κ1) is 13.7. The van der Waals surface area contributed by atoms with E-state index in [1.807, 2.05) is 0 Å². The summed E-state index contributed by atoms with van der Waals surface area (Å²) in [6, 6.07) is 9.83. The second kappa shape index (κ2) is 5.28. The third kappa shape index (κ3) is 2.39. The van der Waals surface area contributed by atoms with Crippen LogP contribution in [0.15, 0.2) is 46.0 Å². The van der Waals surface area contributed by atoms with Crippen LogP contribution in [0.25, 0.3) is 10.8 Å². The lowest BCUT2D eigenvalue weighted by molar-refractivity contribution is 0.102. The molecule has 3 aromatic rings. The summed E-state index contributed by atoms with van der Waals surface area (Å²) >= 11 is 0. The van der Waals surface area contributed by atoms with Crippen LogP contribution in [0.1, 0.15) is 16.2 Å². The number of anilines is 1. The molecular formula is C15H12N4O3. The molecule has 7 nitrogen and oxygen atoms in total. The fourth-order valence-electron chi connectivity index (χ4n) is 2.14. The largest absolute Gasteiger partial charge is 0.325 e. The van der Waals surface area contributed by atoms with Crippen LogP contribution >= 0.6 is 0 Å². The molecule has 7 heteroatoms. The van der Waals surface area contributed by atoms with Crippen molar-refractivity contribution in [3.63, 3.8) is 0 Å². The van der Waals surface area contributed by atoms with E-state index in [-0.39, 0.29) is 16.9 Å². The highest BCUT2D eigenvalue weighted by atomic mass is 16.2. The number of fused-ring (bicyclic) bond motifs is 1. The zero-order valence-corrected chi connectivity index (χ0v) is 11.6. The van der Waals surface area contributed by atoms with E-state index in [1.165, 1.54) is 6.07 Å².